The Hall–Kier alpha value is -2.91. The van der Waals surface area contributed by atoms with Crippen LogP contribution in [0.15, 0.2) is 12.2 Å². The second-order valence-electron chi connectivity index (χ2n) is 13.2. The van der Waals surface area contributed by atoms with Gasteiger partial charge in [0.1, 0.15) is 13.2 Å². The Bertz CT molecular complexity index is 948. The second-order valence-corrected chi connectivity index (χ2v) is 13.2. The van der Waals surface area contributed by atoms with Crippen molar-refractivity contribution in [3.05, 3.63) is 12.2 Å². The summed E-state index contributed by atoms with van der Waals surface area (Å²) in [4.78, 5) is 62.6. The number of rotatable bonds is 25. The van der Waals surface area contributed by atoms with Gasteiger partial charge >= 0.3 is 17.9 Å². The smallest absolute Gasteiger partial charge is 0.307 e. The molecule has 1 unspecified atom stereocenters. The Morgan fingerprint density at radius 3 is 2.04 bits per heavy atom. The lowest BCUT2D eigenvalue weighted by Gasteiger charge is -2.31. The molecule has 0 aromatic carbocycles. The van der Waals surface area contributed by atoms with Crippen molar-refractivity contribution in [2.45, 2.75) is 156 Å². The van der Waals surface area contributed by atoms with Crippen LogP contribution in [0.25, 0.3) is 0 Å². The van der Waals surface area contributed by atoms with Gasteiger partial charge in [-0.3, -0.25) is 24.0 Å². The van der Waals surface area contributed by atoms with Crippen molar-refractivity contribution in [1.82, 2.24) is 10.2 Å². The van der Waals surface area contributed by atoms with Crippen LogP contribution in [-0.2, 0) is 38.2 Å². The lowest BCUT2D eigenvalue weighted by molar-refractivity contribution is -0.166. The average molecular weight is 651 g/mol. The Morgan fingerprint density at radius 1 is 0.826 bits per heavy atom. The first-order chi connectivity index (χ1) is 22.0. The molecule has 1 heterocycles. The summed E-state index contributed by atoms with van der Waals surface area (Å²) in [6, 6.07) is -0.121. The van der Waals surface area contributed by atoms with Crippen molar-refractivity contribution in [3.63, 3.8) is 0 Å². The molecule has 2 atom stereocenters. The van der Waals surface area contributed by atoms with Crippen LogP contribution in [0.1, 0.15) is 144 Å². The minimum atomic E-state index is -1.21. The summed E-state index contributed by atoms with van der Waals surface area (Å²) < 4.78 is 15.7. The number of nitrogens with zero attached hydrogens (tertiary/aromatic N) is 1. The highest BCUT2D eigenvalue weighted by atomic mass is 16.6. The maximum absolute atomic E-state index is 12.9. The molecule has 0 saturated carbocycles. The van der Waals surface area contributed by atoms with Gasteiger partial charge in [-0.2, -0.15) is 0 Å². The SMILES string of the molecule is CCCCCCCCC=CCCCCCCCC(=O)N1CCC[C@H]1COC(=O)CCNC(=O)C(OC(C)=O)C(C)(C)COC(C)=O. The predicted molar refractivity (Wildman–Crippen MR) is 179 cm³/mol. The number of allylic oxidation sites excluding steroid dienone is 2. The van der Waals surface area contributed by atoms with E-state index in [0.717, 1.165) is 38.5 Å². The fourth-order valence-corrected chi connectivity index (χ4v) is 5.57. The third kappa shape index (κ3) is 18.9. The van der Waals surface area contributed by atoms with Crippen molar-refractivity contribution in [1.29, 1.82) is 0 Å². The van der Waals surface area contributed by atoms with Crippen LogP contribution in [0.5, 0.6) is 0 Å². The molecule has 0 aromatic rings. The summed E-state index contributed by atoms with van der Waals surface area (Å²) in [6.45, 7) is 8.66. The summed E-state index contributed by atoms with van der Waals surface area (Å²) in [6.07, 6.45) is 21.4. The molecule has 0 spiro atoms. The first kappa shape index (κ1) is 41.1. The summed E-state index contributed by atoms with van der Waals surface area (Å²) in [7, 11) is 0. The van der Waals surface area contributed by atoms with Crippen molar-refractivity contribution < 1.29 is 38.2 Å². The molecule has 1 aliphatic rings. The van der Waals surface area contributed by atoms with Gasteiger partial charge in [0.05, 0.1) is 12.5 Å². The normalized spacial score (nSPS) is 15.5. The quantitative estimate of drug-likeness (QED) is 0.0508. The largest absolute Gasteiger partial charge is 0.465 e. The molecule has 10 nitrogen and oxygen atoms in total. The lowest BCUT2D eigenvalue weighted by atomic mass is 9.86. The van der Waals surface area contributed by atoms with Gasteiger partial charge in [-0.1, -0.05) is 84.3 Å². The molecule has 46 heavy (non-hydrogen) atoms. The van der Waals surface area contributed by atoms with Crippen molar-refractivity contribution in [2.75, 3.05) is 26.3 Å². The molecule has 2 amide bonds. The standard InChI is InChI=1S/C36H62N2O8/c1-6-7-8-9-10-11-12-13-14-15-16-17-18-19-20-23-32(41)38-26-21-22-31(38)27-44-33(42)24-25-37-35(43)34(46-30(3)40)36(4,5)28-45-29(2)39/h13-14,31,34H,6-12,15-28H2,1-5H3,(H,37,43)/t31-,34?/m0/s1. The van der Waals surface area contributed by atoms with Gasteiger partial charge in [0.25, 0.3) is 5.91 Å². The van der Waals surface area contributed by atoms with Gasteiger partial charge in [-0.05, 0) is 44.9 Å². The van der Waals surface area contributed by atoms with Gasteiger partial charge in [0, 0.05) is 38.8 Å². The maximum atomic E-state index is 12.9. The molecule has 1 saturated heterocycles. The zero-order chi connectivity index (χ0) is 34.2. The average Bonchev–Trinajstić information content (AvgIpc) is 3.48. The molecule has 1 aliphatic heterocycles. The fourth-order valence-electron chi connectivity index (χ4n) is 5.57. The number of ether oxygens (including phenoxy) is 3. The van der Waals surface area contributed by atoms with Crippen LogP contribution < -0.4 is 5.32 Å². The molecule has 1 N–H and O–H groups in total. The van der Waals surface area contributed by atoms with Crippen LogP contribution in [0.2, 0.25) is 0 Å². The predicted octanol–water partition coefficient (Wildman–Crippen LogP) is 6.59. The highest BCUT2D eigenvalue weighted by Gasteiger charge is 2.39. The highest BCUT2D eigenvalue weighted by Crippen LogP contribution is 2.25. The topological polar surface area (TPSA) is 128 Å². The molecule has 0 aromatic heterocycles. The molecule has 1 rings (SSSR count). The summed E-state index contributed by atoms with van der Waals surface area (Å²) in [5, 5.41) is 2.60. The third-order valence-electron chi connectivity index (χ3n) is 8.29. The molecule has 0 radical (unpaired) electrons. The first-order valence-corrected chi connectivity index (χ1v) is 17.7. The van der Waals surface area contributed by atoms with E-state index in [1.165, 1.54) is 71.6 Å². The Balaban J connectivity index is 2.24. The van der Waals surface area contributed by atoms with Crippen LogP contribution in [0.3, 0.4) is 0 Å². The van der Waals surface area contributed by atoms with Crippen molar-refractivity contribution >= 4 is 29.7 Å². The molecule has 0 aliphatic carbocycles. The zero-order valence-corrected chi connectivity index (χ0v) is 29.4. The molecular formula is C36H62N2O8. The van der Waals surface area contributed by atoms with E-state index >= 15 is 0 Å². The van der Waals surface area contributed by atoms with Crippen LogP contribution in [0.4, 0.5) is 0 Å². The van der Waals surface area contributed by atoms with Crippen LogP contribution in [0, 0.1) is 5.41 Å². The zero-order valence-electron chi connectivity index (χ0n) is 29.4. The number of amides is 2. The van der Waals surface area contributed by atoms with Crippen LogP contribution >= 0.6 is 0 Å². The van der Waals surface area contributed by atoms with Gasteiger partial charge in [0.2, 0.25) is 5.91 Å². The van der Waals surface area contributed by atoms with Gasteiger partial charge in [-0.25, -0.2) is 0 Å². The Morgan fingerprint density at radius 2 is 1.43 bits per heavy atom. The first-order valence-electron chi connectivity index (χ1n) is 17.7. The van der Waals surface area contributed by atoms with E-state index in [2.05, 4.69) is 24.4 Å². The summed E-state index contributed by atoms with van der Waals surface area (Å²) in [5.41, 5.74) is -0.982. The number of hydrogen-bond acceptors (Lipinski definition) is 8. The summed E-state index contributed by atoms with van der Waals surface area (Å²) >= 11 is 0. The minimum absolute atomic E-state index is 0.0120. The number of esters is 3. The monoisotopic (exact) mass is 650 g/mol. The van der Waals surface area contributed by atoms with Gasteiger partial charge < -0.3 is 24.4 Å². The van der Waals surface area contributed by atoms with E-state index in [9.17, 15) is 24.0 Å². The number of carbonyl (C=O) groups excluding carboxylic acids is 5. The van der Waals surface area contributed by atoms with Crippen molar-refractivity contribution in [2.24, 2.45) is 5.41 Å². The Kier molecular flexibility index (Phi) is 21.7. The second kappa shape index (κ2) is 24.3. The summed E-state index contributed by atoms with van der Waals surface area (Å²) in [5.74, 6) is -2.12. The maximum Gasteiger partial charge on any atom is 0.307 e. The number of hydrogen-bond donors (Lipinski definition) is 1. The number of carbonyl (C=O) groups is 5. The molecular weight excluding hydrogens is 588 g/mol. The Labute approximate surface area is 277 Å². The third-order valence-corrected chi connectivity index (χ3v) is 8.29. The van der Waals surface area contributed by atoms with Gasteiger partial charge in [0.15, 0.2) is 6.10 Å². The lowest BCUT2D eigenvalue weighted by Crippen LogP contribution is -2.49. The van der Waals surface area contributed by atoms with E-state index in [1.807, 2.05) is 4.90 Å². The highest BCUT2D eigenvalue weighted by molar-refractivity contribution is 5.84. The minimum Gasteiger partial charge on any atom is -0.465 e. The van der Waals surface area contributed by atoms with Crippen LogP contribution in [-0.4, -0.2) is 73.1 Å². The van der Waals surface area contributed by atoms with E-state index in [4.69, 9.17) is 14.2 Å². The molecule has 264 valence electrons. The van der Waals surface area contributed by atoms with E-state index in [0.29, 0.717) is 13.0 Å². The van der Waals surface area contributed by atoms with E-state index < -0.39 is 35.3 Å². The molecule has 1 fully saturated rings. The van der Waals surface area contributed by atoms with E-state index in [-0.39, 0.29) is 38.1 Å². The number of nitrogens with one attached hydrogen (secondary N) is 1. The number of unbranched alkanes of at least 4 members (excludes halogenated alkanes) is 11. The van der Waals surface area contributed by atoms with Crippen molar-refractivity contribution in [3.8, 4) is 0 Å². The van der Waals surface area contributed by atoms with E-state index in [1.54, 1.807) is 13.8 Å². The fraction of sp³-hybridized carbons (Fsp3) is 0.806. The molecule has 0 bridgehead atoms. The molecule has 10 heteroatoms. The number of likely N-dealkylation sites (tertiary alicyclic amines) is 1. The van der Waals surface area contributed by atoms with Gasteiger partial charge in [-0.15, -0.1) is 0 Å².